The van der Waals surface area contributed by atoms with Gasteiger partial charge in [0.25, 0.3) is 5.91 Å². The highest BCUT2D eigenvalue weighted by Crippen LogP contribution is 2.28. The molecule has 1 aliphatic rings. The zero-order valence-electron chi connectivity index (χ0n) is 15.6. The minimum atomic E-state index is -0.534. The summed E-state index contributed by atoms with van der Waals surface area (Å²) in [6, 6.07) is 4.57. The molecular weight excluding hydrogens is 348 g/mol. The fourth-order valence-corrected chi connectivity index (χ4v) is 3.43. The van der Waals surface area contributed by atoms with E-state index >= 15 is 0 Å². The van der Waals surface area contributed by atoms with E-state index in [4.69, 9.17) is 9.15 Å². The van der Waals surface area contributed by atoms with Crippen molar-refractivity contribution in [1.82, 2.24) is 10.6 Å². The van der Waals surface area contributed by atoms with Crippen LogP contribution in [0.2, 0.25) is 0 Å². The van der Waals surface area contributed by atoms with Gasteiger partial charge in [-0.15, -0.1) is 0 Å². The number of imide groups is 1. The molecule has 0 radical (unpaired) electrons. The molecule has 1 heterocycles. The maximum Gasteiger partial charge on any atom is 0.336 e. The molecule has 1 aromatic heterocycles. The van der Waals surface area contributed by atoms with Crippen LogP contribution in [-0.2, 0) is 4.79 Å². The summed E-state index contributed by atoms with van der Waals surface area (Å²) >= 11 is 0. The topological polar surface area (TPSA) is 97.6 Å². The molecule has 7 heteroatoms. The average Bonchev–Trinajstić information content (AvgIpc) is 2.62. The molecule has 0 bridgehead atoms. The van der Waals surface area contributed by atoms with Crippen LogP contribution in [0.1, 0.15) is 43.2 Å². The molecule has 3 rings (SSSR count). The predicted molar refractivity (Wildman–Crippen MR) is 101 cm³/mol. The highest BCUT2D eigenvalue weighted by Gasteiger charge is 2.17. The average molecular weight is 372 g/mol. The Bertz CT molecular complexity index is 912. The van der Waals surface area contributed by atoms with Gasteiger partial charge in [-0.1, -0.05) is 19.3 Å². The van der Waals surface area contributed by atoms with Gasteiger partial charge in [-0.05, 0) is 44.4 Å². The van der Waals surface area contributed by atoms with E-state index in [-0.39, 0.29) is 12.6 Å². The van der Waals surface area contributed by atoms with Crippen molar-refractivity contribution in [3.8, 4) is 5.75 Å². The number of carbonyl (C=O) groups excluding carboxylic acids is 2. The Kier molecular flexibility index (Phi) is 5.78. The summed E-state index contributed by atoms with van der Waals surface area (Å²) in [6.45, 7) is 3.28. The highest BCUT2D eigenvalue weighted by atomic mass is 16.5. The third kappa shape index (κ3) is 4.67. The van der Waals surface area contributed by atoms with Crippen LogP contribution in [0.25, 0.3) is 11.0 Å². The second-order valence-electron chi connectivity index (χ2n) is 6.96. The van der Waals surface area contributed by atoms with Gasteiger partial charge in [-0.2, -0.15) is 0 Å². The second kappa shape index (κ2) is 8.24. The van der Waals surface area contributed by atoms with Crippen LogP contribution in [0.4, 0.5) is 4.79 Å². The standard InChI is InChI=1S/C20H24N2O5/c1-12-10-18(24)27-19-13(2)16(9-8-15(12)19)26-11-17(23)22-20(25)21-14-6-4-3-5-7-14/h8-10,14H,3-7,11H2,1-2H3,(H2,21,22,23,25). The van der Waals surface area contributed by atoms with Crippen LogP contribution < -0.4 is 21.0 Å². The number of nitrogens with one attached hydrogen (secondary N) is 2. The van der Waals surface area contributed by atoms with Crippen molar-refractivity contribution in [2.24, 2.45) is 0 Å². The molecule has 7 nitrogen and oxygen atoms in total. The third-order valence-corrected chi connectivity index (χ3v) is 4.87. The van der Waals surface area contributed by atoms with E-state index in [0.717, 1.165) is 36.6 Å². The van der Waals surface area contributed by atoms with Gasteiger partial charge in [-0.3, -0.25) is 10.1 Å². The van der Waals surface area contributed by atoms with E-state index in [0.29, 0.717) is 16.9 Å². The maximum atomic E-state index is 12.0. The molecule has 0 aliphatic heterocycles. The van der Waals surface area contributed by atoms with E-state index in [1.165, 1.54) is 12.5 Å². The highest BCUT2D eigenvalue weighted by molar-refractivity contribution is 5.95. The van der Waals surface area contributed by atoms with Gasteiger partial charge < -0.3 is 14.5 Å². The molecule has 144 valence electrons. The van der Waals surface area contributed by atoms with Crippen molar-refractivity contribution in [2.45, 2.75) is 52.0 Å². The lowest BCUT2D eigenvalue weighted by Gasteiger charge is -2.22. The summed E-state index contributed by atoms with van der Waals surface area (Å²) in [7, 11) is 0. The summed E-state index contributed by atoms with van der Waals surface area (Å²) < 4.78 is 10.8. The van der Waals surface area contributed by atoms with Crippen LogP contribution in [0.5, 0.6) is 5.75 Å². The fraction of sp³-hybridized carbons (Fsp3) is 0.450. The summed E-state index contributed by atoms with van der Waals surface area (Å²) in [4.78, 5) is 35.5. The Hall–Kier alpha value is -2.83. The van der Waals surface area contributed by atoms with Crippen molar-refractivity contribution < 1.29 is 18.7 Å². The summed E-state index contributed by atoms with van der Waals surface area (Å²) in [5, 5.41) is 5.92. The molecule has 27 heavy (non-hydrogen) atoms. The van der Waals surface area contributed by atoms with Crippen molar-refractivity contribution in [3.05, 3.63) is 39.7 Å². The van der Waals surface area contributed by atoms with Crippen LogP contribution in [0.15, 0.2) is 27.4 Å². The largest absolute Gasteiger partial charge is 0.483 e. The molecule has 1 aromatic carbocycles. The van der Waals surface area contributed by atoms with Crippen LogP contribution in [0, 0.1) is 13.8 Å². The number of benzene rings is 1. The lowest BCUT2D eigenvalue weighted by Crippen LogP contribution is -2.46. The quantitative estimate of drug-likeness (QED) is 0.804. The van der Waals surface area contributed by atoms with Gasteiger partial charge in [0.1, 0.15) is 11.3 Å². The number of hydrogen-bond donors (Lipinski definition) is 2. The SMILES string of the molecule is Cc1cc(=O)oc2c(C)c(OCC(=O)NC(=O)NC3CCCCC3)ccc12. The third-order valence-electron chi connectivity index (χ3n) is 4.87. The van der Waals surface area contributed by atoms with E-state index in [1.807, 2.05) is 6.92 Å². The Balaban J connectivity index is 1.59. The minimum Gasteiger partial charge on any atom is -0.483 e. The normalized spacial score (nSPS) is 14.7. The molecule has 0 atom stereocenters. The summed E-state index contributed by atoms with van der Waals surface area (Å²) in [5.74, 6) is -0.104. The van der Waals surface area contributed by atoms with Gasteiger partial charge in [0.15, 0.2) is 6.61 Å². The van der Waals surface area contributed by atoms with Crippen molar-refractivity contribution in [1.29, 1.82) is 0 Å². The second-order valence-corrected chi connectivity index (χ2v) is 6.96. The summed E-state index contributed by atoms with van der Waals surface area (Å²) in [6.07, 6.45) is 5.27. The van der Waals surface area contributed by atoms with Crippen molar-refractivity contribution in [2.75, 3.05) is 6.61 Å². The molecule has 0 saturated heterocycles. The molecular formula is C20H24N2O5. The number of carbonyl (C=O) groups is 2. The molecule has 1 saturated carbocycles. The van der Waals surface area contributed by atoms with E-state index < -0.39 is 17.6 Å². The van der Waals surface area contributed by atoms with Crippen molar-refractivity contribution in [3.63, 3.8) is 0 Å². The first kappa shape index (κ1) is 18.9. The molecule has 0 unspecified atom stereocenters. The smallest absolute Gasteiger partial charge is 0.336 e. The fourth-order valence-electron chi connectivity index (χ4n) is 3.43. The molecule has 1 fully saturated rings. The molecule has 2 N–H and O–H groups in total. The zero-order chi connectivity index (χ0) is 19.4. The molecule has 3 amide bonds. The van der Waals surface area contributed by atoms with Gasteiger partial charge in [0, 0.05) is 23.1 Å². The first-order valence-electron chi connectivity index (χ1n) is 9.21. The Morgan fingerprint density at radius 1 is 1.19 bits per heavy atom. The lowest BCUT2D eigenvalue weighted by atomic mass is 9.96. The number of ether oxygens (including phenoxy) is 1. The first-order valence-corrected chi connectivity index (χ1v) is 9.21. The van der Waals surface area contributed by atoms with Crippen LogP contribution in [0.3, 0.4) is 0 Å². The predicted octanol–water partition coefficient (Wildman–Crippen LogP) is 2.95. The number of urea groups is 1. The van der Waals surface area contributed by atoms with Gasteiger partial charge in [0.05, 0.1) is 0 Å². The maximum absolute atomic E-state index is 12.0. The van der Waals surface area contributed by atoms with Gasteiger partial charge >= 0.3 is 11.7 Å². The van der Waals surface area contributed by atoms with E-state index in [2.05, 4.69) is 10.6 Å². The zero-order valence-corrected chi connectivity index (χ0v) is 15.6. The Morgan fingerprint density at radius 3 is 2.67 bits per heavy atom. The molecule has 2 aromatic rings. The van der Waals surface area contributed by atoms with E-state index in [1.54, 1.807) is 19.1 Å². The number of hydrogen-bond acceptors (Lipinski definition) is 5. The first-order chi connectivity index (χ1) is 12.9. The van der Waals surface area contributed by atoms with Crippen LogP contribution >= 0.6 is 0 Å². The van der Waals surface area contributed by atoms with Gasteiger partial charge in [-0.25, -0.2) is 9.59 Å². The van der Waals surface area contributed by atoms with Crippen LogP contribution in [-0.4, -0.2) is 24.6 Å². The lowest BCUT2D eigenvalue weighted by molar-refractivity contribution is -0.122. The number of rotatable bonds is 4. The molecule has 0 spiro atoms. The minimum absolute atomic E-state index is 0.126. The molecule has 1 aliphatic carbocycles. The van der Waals surface area contributed by atoms with E-state index in [9.17, 15) is 14.4 Å². The number of aryl methyl sites for hydroxylation is 2. The summed E-state index contributed by atoms with van der Waals surface area (Å²) in [5.41, 5.74) is 1.45. The number of fused-ring (bicyclic) bond motifs is 1. The van der Waals surface area contributed by atoms with Crippen molar-refractivity contribution >= 4 is 22.9 Å². The van der Waals surface area contributed by atoms with Gasteiger partial charge in [0.2, 0.25) is 0 Å². The number of amides is 3. The Morgan fingerprint density at radius 2 is 1.93 bits per heavy atom. The Labute approximate surface area is 157 Å². The monoisotopic (exact) mass is 372 g/mol.